The Hall–Kier alpha value is -1.98. The fourth-order valence-corrected chi connectivity index (χ4v) is 1.37. The molecule has 1 rings (SSSR count). The van der Waals surface area contributed by atoms with Crippen molar-refractivity contribution >= 4 is 11.9 Å². The third-order valence-corrected chi connectivity index (χ3v) is 2.46. The molecule has 6 nitrogen and oxygen atoms in total. The minimum atomic E-state index is -0.650. The van der Waals surface area contributed by atoms with Crippen LogP contribution in [0.5, 0.6) is 0 Å². The fourth-order valence-electron chi connectivity index (χ4n) is 1.37. The summed E-state index contributed by atoms with van der Waals surface area (Å²) in [5.41, 5.74) is 0.0906. The van der Waals surface area contributed by atoms with E-state index >= 15 is 0 Å². The number of esters is 1. The van der Waals surface area contributed by atoms with Crippen LogP contribution >= 0.6 is 0 Å². The zero-order valence-corrected chi connectivity index (χ0v) is 10.5. The maximum absolute atomic E-state index is 11.5. The number of carbonyl (C=O) groups excluding carboxylic acids is 2. The monoisotopic (exact) mass is 251 g/mol. The second-order valence-electron chi connectivity index (χ2n) is 3.75. The van der Waals surface area contributed by atoms with E-state index in [1.54, 1.807) is 0 Å². The molecule has 1 aromatic rings. The van der Waals surface area contributed by atoms with E-state index in [0.717, 1.165) is 12.8 Å². The summed E-state index contributed by atoms with van der Waals surface area (Å²) in [6.07, 6.45) is 5.83. The quantitative estimate of drug-likeness (QED) is 0.761. The molecule has 0 saturated heterocycles. The number of hydrogen-bond acceptors (Lipinski definition) is 5. The van der Waals surface area contributed by atoms with Crippen LogP contribution in [0.4, 0.5) is 0 Å². The van der Waals surface area contributed by atoms with Gasteiger partial charge in [0.15, 0.2) is 12.3 Å². The van der Waals surface area contributed by atoms with Gasteiger partial charge in [-0.3, -0.25) is 9.78 Å². The van der Waals surface area contributed by atoms with Crippen molar-refractivity contribution in [3.05, 3.63) is 24.3 Å². The van der Waals surface area contributed by atoms with Crippen LogP contribution in [-0.4, -0.2) is 34.5 Å². The van der Waals surface area contributed by atoms with Gasteiger partial charge in [0.25, 0.3) is 5.91 Å². The first kappa shape index (κ1) is 14.1. The minimum Gasteiger partial charge on any atom is -0.451 e. The van der Waals surface area contributed by atoms with Gasteiger partial charge >= 0.3 is 5.97 Å². The molecule has 1 amide bonds. The molecule has 0 aliphatic heterocycles. The van der Waals surface area contributed by atoms with E-state index in [1.807, 2.05) is 13.8 Å². The lowest BCUT2D eigenvalue weighted by Gasteiger charge is -2.14. The molecule has 1 N–H and O–H groups in total. The Morgan fingerprint density at radius 1 is 1.33 bits per heavy atom. The molecule has 0 bridgehead atoms. The van der Waals surface area contributed by atoms with E-state index < -0.39 is 5.97 Å². The number of carbonyl (C=O) groups is 2. The predicted molar refractivity (Wildman–Crippen MR) is 64.8 cm³/mol. The molecule has 0 fully saturated rings. The van der Waals surface area contributed by atoms with Crippen LogP contribution in [0.1, 0.15) is 37.2 Å². The van der Waals surface area contributed by atoms with Gasteiger partial charge in [0.2, 0.25) is 0 Å². The summed E-state index contributed by atoms with van der Waals surface area (Å²) in [5.74, 6) is -0.955. The molecular formula is C12H17N3O3. The molecule has 0 aliphatic rings. The average molecular weight is 251 g/mol. The Bertz CT molecular complexity index is 391. The zero-order valence-electron chi connectivity index (χ0n) is 10.5. The van der Waals surface area contributed by atoms with Gasteiger partial charge in [0.05, 0.1) is 6.20 Å². The molecule has 0 saturated carbocycles. The summed E-state index contributed by atoms with van der Waals surface area (Å²) in [6.45, 7) is 3.67. The number of hydrogen-bond donors (Lipinski definition) is 1. The van der Waals surface area contributed by atoms with Gasteiger partial charge in [0, 0.05) is 18.4 Å². The van der Waals surface area contributed by atoms with Gasteiger partial charge in [-0.05, 0) is 12.8 Å². The number of ether oxygens (including phenoxy) is 1. The summed E-state index contributed by atoms with van der Waals surface area (Å²) < 4.78 is 4.83. The van der Waals surface area contributed by atoms with Crippen molar-refractivity contribution in [1.82, 2.24) is 15.3 Å². The largest absolute Gasteiger partial charge is 0.451 e. The molecule has 0 aliphatic carbocycles. The van der Waals surface area contributed by atoms with Crippen LogP contribution in [0.3, 0.4) is 0 Å². The lowest BCUT2D eigenvalue weighted by Crippen LogP contribution is -2.36. The first-order valence-electron chi connectivity index (χ1n) is 5.89. The second-order valence-corrected chi connectivity index (χ2v) is 3.75. The van der Waals surface area contributed by atoms with Crippen LogP contribution in [0.25, 0.3) is 0 Å². The van der Waals surface area contributed by atoms with Gasteiger partial charge < -0.3 is 10.1 Å². The fraction of sp³-hybridized carbons (Fsp3) is 0.500. The van der Waals surface area contributed by atoms with E-state index in [-0.39, 0.29) is 24.2 Å². The Balaban J connectivity index is 2.37. The highest BCUT2D eigenvalue weighted by molar-refractivity contribution is 5.89. The first-order valence-corrected chi connectivity index (χ1v) is 5.89. The Morgan fingerprint density at radius 2 is 2.06 bits per heavy atom. The average Bonchev–Trinajstić information content (AvgIpc) is 2.43. The van der Waals surface area contributed by atoms with Crippen LogP contribution in [0.15, 0.2) is 18.6 Å². The molecule has 0 radical (unpaired) electrons. The highest BCUT2D eigenvalue weighted by Crippen LogP contribution is 1.97. The standard InChI is InChI=1S/C12H17N3O3/c1-3-9(4-2)15-11(16)8-18-12(17)10-7-13-5-6-14-10/h5-7,9H,3-4,8H2,1-2H3,(H,15,16). The lowest BCUT2D eigenvalue weighted by atomic mass is 10.2. The van der Waals surface area contributed by atoms with Gasteiger partial charge in [0.1, 0.15) is 0 Å². The van der Waals surface area contributed by atoms with Crippen molar-refractivity contribution in [2.75, 3.05) is 6.61 Å². The molecule has 6 heteroatoms. The summed E-state index contributed by atoms with van der Waals surface area (Å²) >= 11 is 0. The third-order valence-electron chi connectivity index (χ3n) is 2.46. The van der Waals surface area contributed by atoms with Crippen LogP contribution in [0.2, 0.25) is 0 Å². The Kier molecular flexibility index (Phi) is 5.76. The van der Waals surface area contributed by atoms with Crippen LogP contribution in [0, 0.1) is 0 Å². The first-order chi connectivity index (χ1) is 8.67. The lowest BCUT2D eigenvalue weighted by molar-refractivity contribution is -0.125. The molecule has 1 heterocycles. The number of amides is 1. The van der Waals surface area contributed by atoms with Crippen molar-refractivity contribution in [3.63, 3.8) is 0 Å². The maximum atomic E-state index is 11.5. The third kappa shape index (κ3) is 4.48. The number of aromatic nitrogens is 2. The van der Waals surface area contributed by atoms with Crippen LogP contribution in [-0.2, 0) is 9.53 Å². The zero-order chi connectivity index (χ0) is 13.4. The molecule has 0 unspecified atom stereocenters. The van der Waals surface area contributed by atoms with Crippen molar-refractivity contribution in [1.29, 1.82) is 0 Å². The van der Waals surface area contributed by atoms with E-state index in [2.05, 4.69) is 15.3 Å². The Labute approximate surface area is 106 Å². The maximum Gasteiger partial charge on any atom is 0.359 e. The molecule has 0 spiro atoms. The smallest absolute Gasteiger partial charge is 0.359 e. The number of nitrogens with zero attached hydrogens (tertiary/aromatic N) is 2. The van der Waals surface area contributed by atoms with Crippen molar-refractivity contribution < 1.29 is 14.3 Å². The summed E-state index contributed by atoms with van der Waals surface area (Å²) in [7, 11) is 0. The van der Waals surface area contributed by atoms with Crippen molar-refractivity contribution in [2.45, 2.75) is 32.7 Å². The van der Waals surface area contributed by atoms with E-state index in [0.29, 0.717) is 0 Å². The Morgan fingerprint density at radius 3 is 2.61 bits per heavy atom. The summed E-state index contributed by atoms with van der Waals surface area (Å²) in [4.78, 5) is 30.5. The topological polar surface area (TPSA) is 81.2 Å². The predicted octanol–water partition coefficient (Wildman–Crippen LogP) is 0.938. The number of nitrogens with one attached hydrogen (secondary N) is 1. The van der Waals surface area contributed by atoms with E-state index in [4.69, 9.17) is 4.74 Å². The van der Waals surface area contributed by atoms with Crippen molar-refractivity contribution in [2.24, 2.45) is 0 Å². The molecule has 0 aromatic carbocycles. The highest BCUT2D eigenvalue weighted by Gasteiger charge is 2.13. The second kappa shape index (κ2) is 7.37. The van der Waals surface area contributed by atoms with Gasteiger partial charge in [-0.15, -0.1) is 0 Å². The van der Waals surface area contributed by atoms with Crippen LogP contribution < -0.4 is 5.32 Å². The molecular weight excluding hydrogens is 234 g/mol. The highest BCUT2D eigenvalue weighted by atomic mass is 16.5. The van der Waals surface area contributed by atoms with Gasteiger partial charge in [-0.25, -0.2) is 9.78 Å². The van der Waals surface area contributed by atoms with Crippen molar-refractivity contribution in [3.8, 4) is 0 Å². The van der Waals surface area contributed by atoms with Gasteiger partial charge in [-0.1, -0.05) is 13.8 Å². The minimum absolute atomic E-state index is 0.0906. The van der Waals surface area contributed by atoms with Gasteiger partial charge in [-0.2, -0.15) is 0 Å². The molecule has 18 heavy (non-hydrogen) atoms. The van der Waals surface area contributed by atoms with E-state index in [1.165, 1.54) is 18.6 Å². The molecule has 0 atom stereocenters. The van der Waals surface area contributed by atoms with E-state index in [9.17, 15) is 9.59 Å². The number of rotatable bonds is 6. The normalized spacial score (nSPS) is 10.2. The summed E-state index contributed by atoms with van der Waals surface area (Å²) in [5, 5.41) is 2.77. The molecule has 98 valence electrons. The SMILES string of the molecule is CCC(CC)NC(=O)COC(=O)c1cnccn1. The summed E-state index contributed by atoms with van der Waals surface area (Å²) in [6, 6.07) is 0.118. The molecule has 1 aromatic heterocycles.